The molecule has 0 fully saturated rings. The molecule has 0 saturated carbocycles. The summed E-state index contributed by atoms with van der Waals surface area (Å²) < 4.78 is 13.8. The first-order valence-electron chi connectivity index (χ1n) is 8.74. The number of nitriles is 1. The Hall–Kier alpha value is -3.57. The zero-order valence-corrected chi connectivity index (χ0v) is 15.0. The summed E-state index contributed by atoms with van der Waals surface area (Å²) in [5.74, 6) is -0.204. The monoisotopic (exact) mass is 378 g/mol. The fraction of sp³-hybridized carbons (Fsp3) is 0.200. The van der Waals surface area contributed by atoms with Crippen LogP contribution in [0.4, 0.5) is 4.39 Å². The van der Waals surface area contributed by atoms with E-state index >= 15 is 0 Å². The second kappa shape index (κ2) is 8.88. The topological polar surface area (TPSA) is 120 Å². The third-order valence-electron chi connectivity index (χ3n) is 4.22. The van der Waals surface area contributed by atoms with E-state index in [1.807, 2.05) is 18.2 Å². The van der Waals surface area contributed by atoms with E-state index in [0.29, 0.717) is 30.0 Å². The van der Waals surface area contributed by atoms with Gasteiger partial charge in [-0.05, 0) is 30.7 Å². The van der Waals surface area contributed by atoms with Crippen LogP contribution in [0.5, 0.6) is 0 Å². The number of imidazole rings is 1. The molecule has 1 aromatic carbocycles. The molecular weight excluding hydrogens is 359 g/mol. The molecule has 28 heavy (non-hydrogen) atoms. The molecule has 7 nitrogen and oxygen atoms in total. The molecule has 0 radical (unpaired) electrons. The molecule has 1 amide bonds. The minimum Gasteiger partial charge on any atom is -0.350 e. The summed E-state index contributed by atoms with van der Waals surface area (Å²) in [6.45, 7) is 0.365. The fourth-order valence-electron chi connectivity index (χ4n) is 2.65. The molecule has 0 unspecified atom stereocenters. The minimum absolute atomic E-state index is 0.0168. The number of carbonyl (C=O) groups excluding carboxylic acids is 1. The number of H-pyrrole nitrogens is 1. The molecule has 4 N–H and O–H groups in total. The molecule has 142 valence electrons. The van der Waals surface area contributed by atoms with Gasteiger partial charge in [-0.3, -0.25) is 9.78 Å². The number of nitrogens with one attached hydrogen (secondary N) is 2. The van der Waals surface area contributed by atoms with Gasteiger partial charge in [0, 0.05) is 18.2 Å². The Bertz CT molecular complexity index is 995. The van der Waals surface area contributed by atoms with Crippen LogP contribution in [0, 0.1) is 17.1 Å². The van der Waals surface area contributed by atoms with Crippen LogP contribution in [0.1, 0.15) is 36.0 Å². The van der Waals surface area contributed by atoms with Crippen LogP contribution in [0.15, 0.2) is 48.8 Å². The zero-order valence-electron chi connectivity index (χ0n) is 15.0. The van der Waals surface area contributed by atoms with E-state index in [1.165, 1.54) is 12.1 Å². The van der Waals surface area contributed by atoms with Crippen LogP contribution < -0.4 is 11.1 Å². The first kappa shape index (κ1) is 19.2. The summed E-state index contributed by atoms with van der Waals surface area (Å²) in [6.07, 6.45) is 3.88. The third kappa shape index (κ3) is 4.78. The lowest BCUT2D eigenvalue weighted by atomic mass is 10.1. The average Bonchev–Trinajstić information content (AvgIpc) is 3.21. The van der Waals surface area contributed by atoms with E-state index in [9.17, 15) is 9.18 Å². The van der Waals surface area contributed by atoms with Gasteiger partial charge in [-0.15, -0.1) is 0 Å². The number of hydrogen-bond donors (Lipinski definition) is 3. The lowest BCUT2D eigenvalue weighted by Gasteiger charge is -2.09. The number of hydrogen-bond acceptors (Lipinski definition) is 5. The predicted octanol–water partition coefficient (Wildman–Crippen LogP) is 2.58. The van der Waals surface area contributed by atoms with Crippen molar-refractivity contribution in [1.29, 1.82) is 5.26 Å². The minimum atomic E-state index is -0.593. The van der Waals surface area contributed by atoms with Gasteiger partial charge in [-0.25, -0.2) is 9.37 Å². The van der Waals surface area contributed by atoms with Gasteiger partial charge in [0.2, 0.25) is 5.91 Å². The smallest absolute Gasteiger partial charge is 0.220 e. The molecule has 1 atom stereocenters. The second-order valence-electron chi connectivity index (χ2n) is 6.23. The number of aromatic nitrogens is 3. The molecule has 0 aliphatic carbocycles. The number of rotatable bonds is 7. The van der Waals surface area contributed by atoms with Gasteiger partial charge in [0.25, 0.3) is 0 Å². The van der Waals surface area contributed by atoms with Gasteiger partial charge >= 0.3 is 0 Å². The number of halogens is 1. The number of nitrogens with zero attached hydrogens (tertiary/aromatic N) is 3. The number of pyridine rings is 1. The van der Waals surface area contributed by atoms with Crippen molar-refractivity contribution in [2.75, 3.05) is 0 Å². The van der Waals surface area contributed by atoms with Crippen molar-refractivity contribution in [3.63, 3.8) is 0 Å². The van der Waals surface area contributed by atoms with Crippen LogP contribution in [0.25, 0.3) is 11.3 Å². The molecule has 8 heteroatoms. The van der Waals surface area contributed by atoms with E-state index in [1.54, 1.807) is 24.5 Å². The van der Waals surface area contributed by atoms with E-state index in [0.717, 1.165) is 5.69 Å². The van der Waals surface area contributed by atoms with Gasteiger partial charge in [-0.1, -0.05) is 12.1 Å². The van der Waals surface area contributed by atoms with E-state index in [2.05, 4.69) is 20.3 Å². The zero-order chi connectivity index (χ0) is 19.9. The first-order valence-corrected chi connectivity index (χ1v) is 8.74. The van der Waals surface area contributed by atoms with Crippen LogP contribution in [0.3, 0.4) is 0 Å². The van der Waals surface area contributed by atoms with Gasteiger partial charge in [0.1, 0.15) is 17.7 Å². The summed E-state index contributed by atoms with van der Waals surface area (Å²) in [6, 6.07) is 11.1. The van der Waals surface area contributed by atoms with E-state index in [-0.39, 0.29) is 17.9 Å². The largest absolute Gasteiger partial charge is 0.350 e. The Labute approximate surface area is 161 Å². The molecule has 0 spiro atoms. The Balaban J connectivity index is 1.54. The summed E-state index contributed by atoms with van der Waals surface area (Å²) in [7, 11) is 0. The lowest BCUT2D eigenvalue weighted by molar-refractivity contribution is -0.121. The molecule has 0 bridgehead atoms. The number of carbonyl (C=O) groups is 1. The lowest BCUT2D eigenvalue weighted by Crippen LogP contribution is -2.24. The third-order valence-corrected chi connectivity index (χ3v) is 4.22. The maximum atomic E-state index is 13.8. The van der Waals surface area contributed by atoms with Crippen molar-refractivity contribution in [3.05, 3.63) is 71.7 Å². The highest BCUT2D eigenvalue weighted by molar-refractivity contribution is 5.75. The highest BCUT2D eigenvalue weighted by Gasteiger charge is 2.14. The molecule has 3 aromatic rings. The molecule has 2 aromatic heterocycles. The predicted molar refractivity (Wildman–Crippen MR) is 101 cm³/mol. The number of aromatic amines is 1. The van der Waals surface area contributed by atoms with Gasteiger partial charge < -0.3 is 16.0 Å². The van der Waals surface area contributed by atoms with E-state index < -0.39 is 11.9 Å². The SMILES string of the molecule is N#Cc1ccc(-c2cnc([C@@H](N)CCC(=O)NCc3ccccn3)[nH]2)cc1F. The van der Waals surface area contributed by atoms with Crippen LogP contribution >= 0.6 is 0 Å². The highest BCUT2D eigenvalue weighted by atomic mass is 19.1. The van der Waals surface area contributed by atoms with Crippen molar-refractivity contribution in [1.82, 2.24) is 20.3 Å². The number of benzene rings is 1. The maximum Gasteiger partial charge on any atom is 0.220 e. The Morgan fingerprint density at radius 2 is 2.18 bits per heavy atom. The summed E-state index contributed by atoms with van der Waals surface area (Å²) >= 11 is 0. The summed E-state index contributed by atoms with van der Waals surface area (Å²) in [4.78, 5) is 23.4. The molecule has 2 heterocycles. The Morgan fingerprint density at radius 3 is 2.89 bits per heavy atom. The van der Waals surface area contributed by atoms with Crippen molar-refractivity contribution >= 4 is 5.91 Å². The Morgan fingerprint density at radius 1 is 1.32 bits per heavy atom. The highest BCUT2D eigenvalue weighted by Crippen LogP contribution is 2.22. The standard InChI is InChI=1S/C20H19FN6O/c21-16-9-13(4-5-14(16)10-22)18-12-26-20(27-18)17(23)6-7-19(28)25-11-15-3-1-2-8-24-15/h1-5,8-9,12,17H,6-7,11,23H2,(H,25,28)(H,26,27)/t17-/m0/s1. The Kier molecular flexibility index (Phi) is 6.09. The van der Waals surface area contributed by atoms with Crippen molar-refractivity contribution in [2.45, 2.75) is 25.4 Å². The van der Waals surface area contributed by atoms with Crippen molar-refractivity contribution in [2.24, 2.45) is 5.73 Å². The van der Waals surface area contributed by atoms with Gasteiger partial charge in [0.05, 0.1) is 35.7 Å². The molecule has 3 rings (SSSR count). The van der Waals surface area contributed by atoms with Crippen LogP contribution in [-0.4, -0.2) is 20.9 Å². The van der Waals surface area contributed by atoms with Crippen molar-refractivity contribution < 1.29 is 9.18 Å². The van der Waals surface area contributed by atoms with Crippen molar-refractivity contribution in [3.8, 4) is 17.3 Å². The normalized spacial score (nSPS) is 11.6. The van der Waals surface area contributed by atoms with Gasteiger partial charge in [-0.2, -0.15) is 5.26 Å². The number of nitrogens with two attached hydrogens (primary N) is 1. The molecule has 0 saturated heterocycles. The molecular formula is C20H19FN6O. The first-order chi connectivity index (χ1) is 13.6. The second-order valence-corrected chi connectivity index (χ2v) is 6.23. The summed E-state index contributed by atoms with van der Waals surface area (Å²) in [5, 5.41) is 11.6. The molecule has 0 aliphatic rings. The maximum absolute atomic E-state index is 13.8. The summed E-state index contributed by atoms with van der Waals surface area (Å²) in [5.41, 5.74) is 8.04. The quantitative estimate of drug-likeness (QED) is 0.583. The van der Waals surface area contributed by atoms with Crippen LogP contribution in [-0.2, 0) is 11.3 Å². The fourth-order valence-corrected chi connectivity index (χ4v) is 2.65. The van der Waals surface area contributed by atoms with Crippen LogP contribution in [0.2, 0.25) is 0 Å². The molecule has 0 aliphatic heterocycles. The average molecular weight is 378 g/mol. The van der Waals surface area contributed by atoms with Gasteiger partial charge in [0.15, 0.2) is 0 Å². The van der Waals surface area contributed by atoms with E-state index in [4.69, 9.17) is 11.0 Å². The number of amides is 1.